The summed E-state index contributed by atoms with van der Waals surface area (Å²) in [7, 11) is -3.14. The molecule has 0 heterocycles. The van der Waals surface area contributed by atoms with Crippen molar-refractivity contribution in [2.45, 2.75) is 25.7 Å². The Balaban J connectivity index is 1.96. The highest BCUT2D eigenvalue weighted by atomic mass is 32.2. The molecule has 1 atom stereocenters. The molecular weight excluding hydrogens is 354 g/mol. The monoisotopic (exact) mass is 375 g/mol. The Hall–Kier alpha value is -2.67. The van der Waals surface area contributed by atoms with E-state index < -0.39 is 27.8 Å². The number of anilines is 1. The summed E-state index contributed by atoms with van der Waals surface area (Å²) in [5.41, 5.74) is 2.46. The fourth-order valence-electron chi connectivity index (χ4n) is 2.29. The molecule has 0 aromatic heterocycles. The molecule has 0 unspecified atom stereocenters. The summed E-state index contributed by atoms with van der Waals surface area (Å²) in [5, 5.41) is 2.69. The van der Waals surface area contributed by atoms with Gasteiger partial charge in [-0.05, 0) is 49.2 Å². The van der Waals surface area contributed by atoms with Gasteiger partial charge in [0.2, 0.25) is 0 Å². The van der Waals surface area contributed by atoms with E-state index in [2.05, 4.69) is 5.32 Å². The van der Waals surface area contributed by atoms with E-state index in [1.54, 1.807) is 18.2 Å². The lowest BCUT2D eigenvalue weighted by molar-refractivity contribution is -0.123. The van der Waals surface area contributed by atoms with Crippen molar-refractivity contribution in [2.24, 2.45) is 0 Å². The highest BCUT2D eigenvalue weighted by molar-refractivity contribution is 7.89. The summed E-state index contributed by atoms with van der Waals surface area (Å²) in [6.45, 7) is 3.40. The molecule has 1 amide bonds. The first-order chi connectivity index (χ1) is 12.1. The Labute approximate surface area is 153 Å². The van der Waals surface area contributed by atoms with Crippen LogP contribution in [-0.4, -0.2) is 32.7 Å². The van der Waals surface area contributed by atoms with Crippen LogP contribution in [0.1, 0.15) is 28.4 Å². The Morgan fingerprint density at radius 3 is 2.35 bits per heavy atom. The lowest BCUT2D eigenvalue weighted by atomic mass is 10.1. The first-order valence-corrected chi connectivity index (χ1v) is 10.1. The number of sulfone groups is 1. The maximum atomic E-state index is 12.1. The highest BCUT2D eigenvalue weighted by Crippen LogP contribution is 2.12. The maximum Gasteiger partial charge on any atom is 0.338 e. The fraction of sp³-hybridized carbons (Fsp3) is 0.263. The Morgan fingerprint density at radius 2 is 1.77 bits per heavy atom. The van der Waals surface area contributed by atoms with Crippen LogP contribution in [0.2, 0.25) is 0 Å². The lowest BCUT2D eigenvalue weighted by Crippen LogP contribution is -2.30. The van der Waals surface area contributed by atoms with Gasteiger partial charge in [0.15, 0.2) is 15.9 Å². The zero-order valence-electron chi connectivity index (χ0n) is 14.9. The minimum absolute atomic E-state index is 0.0996. The smallest absolute Gasteiger partial charge is 0.338 e. The Kier molecular flexibility index (Phi) is 6.15. The molecule has 0 saturated heterocycles. The number of hydrogen-bond donors (Lipinski definition) is 1. The molecule has 6 nitrogen and oxygen atoms in total. The molecule has 2 aromatic rings. The number of ether oxygens (including phenoxy) is 1. The van der Waals surface area contributed by atoms with Crippen LogP contribution in [0.15, 0.2) is 48.5 Å². The Morgan fingerprint density at radius 1 is 1.12 bits per heavy atom. The molecule has 7 heteroatoms. The van der Waals surface area contributed by atoms with Crippen LogP contribution in [0, 0.1) is 6.92 Å². The number of carbonyl (C=O) groups is 2. The molecule has 0 saturated carbocycles. The molecule has 138 valence electrons. The van der Waals surface area contributed by atoms with Gasteiger partial charge in [-0.1, -0.05) is 24.3 Å². The molecule has 2 aromatic carbocycles. The van der Waals surface area contributed by atoms with Gasteiger partial charge in [0, 0.05) is 11.9 Å². The van der Waals surface area contributed by atoms with Gasteiger partial charge in [-0.15, -0.1) is 0 Å². The molecule has 0 fully saturated rings. The van der Waals surface area contributed by atoms with E-state index in [0.29, 0.717) is 11.3 Å². The van der Waals surface area contributed by atoms with Crippen LogP contribution in [0.3, 0.4) is 0 Å². The Bertz CT molecular complexity index is 904. The van der Waals surface area contributed by atoms with Crippen molar-refractivity contribution in [2.75, 3.05) is 11.6 Å². The predicted octanol–water partition coefficient (Wildman–Crippen LogP) is 2.72. The topological polar surface area (TPSA) is 89.5 Å². The normalized spacial score (nSPS) is 12.3. The standard InChI is InChI=1S/C19H21NO5S/c1-13-5-4-6-17(11-13)20-18(21)14(2)25-19(22)16-9-7-15(8-10-16)12-26(3,23)24/h4-11,14H,12H2,1-3H3,(H,20,21)/t14-/m1/s1. The molecule has 0 aliphatic rings. The molecular formula is C19H21NO5S. The summed E-state index contributed by atoms with van der Waals surface area (Å²) in [6, 6.07) is 13.4. The summed E-state index contributed by atoms with van der Waals surface area (Å²) >= 11 is 0. The van der Waals surface area contributed by atoms with Crippen molar-refractivity contribution in [3.8, 4) is 0 Å². The third-order valence-corrected chi connectivity index (χ3v) is 4.41. The van der Waals surface area contributed by atoms with Gasteiger partial charge >= 0.3 is 5.97 Å². The van der Waals surface area contributed by atoms with Crippen molar-refractivity contribution in [3.63, 3.8) is 0 Å². The van der Waals surface area contributed by atoms with E-state index in [1.165, 1.54) is 19.1 Å². The van der Waals surface area contributed by atoms with Crippen LogP contribution < -0.4 is 5.32 Å². The average Bonchev–Trinajstić information content (AvgIpc) is 2.53. The molecule has 0 aliphatic carbocycles. The average molecular weight is 375 g/mol. The van der Waals surface area contributed by atoms with Gasteiger partial charge in [0.25, 0.3) is 5.91 Å². The quantitative estimate of drug-likeness (QED) is 0.784. The van der Waals surface area contributed by atoms with Crippen LogP contribution in [-0.2, 0) is 25.1 Å². The first-order valence-electron chi connectivity index (χ1n) is 7.99. The van der Waals surface area contributed by atoms with Crippen LogP contribution in [0.5, 0.6) is 0 Å². The minimum atomic E-state index is -3.14. The largest absolute Gasteiger partial charge is 0.449 e. The number of amides is 1. The SMILES string of the molecule is Cc1cccc(NC(=O)[C@@H](C)OC(=O)c2ccc(CS(C)(=O)=O)cc2)c1. The van der Waals surface area contributed by atoms with Crippen molar-refractivity contribution in [1.29, 1.82) is 0 Å². The number of rotatable bonds is 6. The van der Waals surface area contributed by atoms with Crippen LogP contribution in [0.4, 0.5) is 5.69 Å². The van der Waals surface area contributed by atoms with Crippen molar-refractivity contribution in [1.82, 2.24) is 0 Å². The van der Waals surface area contributed by atoms with E-state index in [-0.39, 0.29) is 11.3 Å². The molecule has 1 N–H and O–H groups in total. The summed E-state index contributed by atoms with van der Waals surface area (Å²) < 4.78 is 27.7. The van der Waals surface area contributed by atoms with Gasteiger partial charge in [-0.25, -0.2) is 13.2 Å². The van der Waals surface area contributed by atoms with Gasteiger partial charge in [-0.2, -0.15) is 0 Å². The second-order valence-electron chi connectivity index (χ2n) is 6.17. The lowest BCUT2D eigenvalue weighted by Gasteiger charge is -2.14. The molecule has 0 spiro atoms. The third kappa shape index (κ3) is 6.00. The number of nitrogens with one attached hydrogen (secondary N) is 1. The number of hydrogen-bond acceptors (Lipinski definition) is 5. The second kappa shape index (κ2) is 8.14. The molecule has 26 heavy (non-hydrogen) atoms. The number of carbonyl (C=O) groups excluding carboxylic acids is 2. The molecule has 0 aliphatic heterocycles. The zero-order valence-corrected chi connectivity index (χ0v) is 15.7. The van der Waals surface area contributed by atoms with E-state index in [4.69, 9.17) is 4.74 Å². The van der Waals surface area contributed by atoms with Gasteiger partial charge in [0.1, 0.15) is 0 Å². The number of aryl methyl sites for hydroxylation is 1. The van der Waals surface area contributed by atoms with Crippen LogP contribution in [0.25, 0.3) is 0 Å². The number of esters is 1. The summed E-state index contributed by atoms with van der Waals surface area (Å²) in [6.07, 6.45) is 0.169. The highest BCUT2D eigenvalue weighted by Gasteiger charge is 2.19. The van der Waals surface area contributed by atoms with Crippen LogP contribution >= 0.6 is 0 Å². The van der Waals surface area contributed by atoms with E-state index in [0.717, 1.165) is 11.8 Å². The van der Waals surface area contributed by atoms with E-state index in [9.17, 15) is 18.0 Å². The summed E-state index contributed by atoms with van der Waals surface area (Å²) in [4.78, 5) is 24.3. The summed E-state index contributed by atoms with van der Waals surface area (Å²) in [5.74, 6) is -1.18. The second-order valence-corrected chi connectivity index (χ2v) is 8.31. The van der Waals surface area contributed by atoms with Gasteiger partial charge in [0.05, 0.1) is 11.3 Å². The fourth-order valence-corrected chi connectivity index (χ4v) is 3.09. The van der Waals surface area contributed by atoms with Crippen molar-refractivity contribution >= 4 is 27.4 Å². The van der Waals surface area contributed by atoms with Crippen molar-refractivity contribution in [3.05, 3.63) is 65.2 Å². The van der Waals surface area contributed by atoms with Gasteiger partial charge in [-0.3, -0.25) is 4.79 Å². The predicted molar refractivity (Wildman–Crippen MR) is 99.7 cm³/mol. The first kappa shape index (κ1) is 19.7. The number of benzene rings is 2. The maximum absolute atomic E-state index is 12.1. The van der Waals surface area contributed by atoms with E-state index in [1.807, 2.05) is 25.1 Å². The molecule has 2 rings (SSSR count). The molecule has 0 radical (unpaired) electrons. The van der Waals surface area contributed by atoms with Gasteiger partial charge < -0.3 is 10.1 Å². The third-order valence-electron chi connectivity index (χ3n) is 3.56. The minimum Gasteiger partial charge on any atom is -0.449 e. The van der Waals surface area contributed by atoms with Crippen molar-refractivity contribution < 1.29 is 22.7 Å². The van der Waals surface area contributed by atoms with E-state index >= 15 is 0 Å². The molecule has 0 bridgehead atoms. The zero-order chi connectivity index (χ0) is 19.3.